The summed E-state index contributed by atoms with van der Waals surface area (Å²) in [7, 11) is 0. The fraction of sp³-hybridized carbons (Fsp3) is 0.263. The average Bonchev–Trinajstić information content (AvgIpc) is 2.58. The molecule has 0 atom stereocenters. The predicted molar refractivity (Wildman–Crippen MR) is 97.5 cm³/mol. The maximum atomic E-state index is 11.9. The minimum atomic E-state index is -0.304. The zero-order valence-electron chi connectivity index (χ0n) is 13.8. The molecule has 0 bridgehead atoms. The normalized spacial score (nSPS) is 11.4. The first-order valence-corrected chi connectivity index (χ1v) is 8.21. The Morgan fingerprint density at radius 2 is 1.79 bits per heavy atom. The molecule has 2 rings (SSSR count). The summed E-state index contributed by atoms with van der Waals surface area (Å²) in [5, 5.41) is 4.90. The number of nitrogens with zero attached hydrogens (tertiary/aromatic N) is 1. The molecule has 0 fully saturated rings. The van der Waals surface area contributed by atoms with Crippen molar-refractivity contribution in [3.63, 3.8) is 0 Å². The molecule has 0 unspecified atom stereocenters. The first-order valence-electron chi connectivity index (χ1n) is 7.84. The van der Waals surface area contributed by atoms with Crippen LogP contribution in [0.15, 0.2) is 59.7 Å². The van der Waals surface area contributed by atoms with Gasteiger partial charge >= 0.3 is 0 Å². The van der Waals surface area contributed by atoms with E-state index in [1.165, 1.54) is 0 Å². The van der Waals surface area contributed by atoms with Gasteiger partial charge in [0.2, 0.25) is 0 Å². The monoisotopic (exact) mass is 344 g/mol. The highest BCUT2D eigenvalue weighted by Gasteiger charge is 2.08. The summed E-state index contributed by atoms with van der Waals surface area (Å²) in [6.07, 6.45) is 0.780. The van der Waals surface area contributed by atoms with E-state index in [0.717, 1.165) is 17.7 Å². The van der Waals surface area contributed by atoms with Gasteiger partial charge in [0.25, 0.3) is 5.91 Å². The first-order chi connectivity index (χ1) is 11.5. The molecule has 0 aliphatic carbocycles. The van der Waals surface area contributed by atoms with Crippen LogP contribution in [0.5, 0.6) is 5.75 Å². The van der Waals surface area contributed by atoms with E-state index in [0.29, 0.717) is 16.7 Å². The van der Waals surface area contributed by atoms with E-state index in [2.05, 4.69) is 24.4 Å². The first kappa shape index (κ1) is 18.0. The molecular formula is C19H21ClN2O2. The molecule has 1 amide bonds. The fourth-order valence-corrected chi connectivity index (χ4v) is 2.21. The van der Waals surface area contributed by atoms with Crippen molar-refractivity contribution in [2.75, 3.05) is 6.61 Å². The SMILES string of the molecule is CC(C)C/C(=N\NC(=O)COc1ccc(Cl)cc1)c1ccccc1. The summed E-state index contributed by atoms with van der Waals surface area (Å²) in [5.74, 6) is 0.720. The van der Waals surface area contributed by atoms with E-state index in [1.807, 2.05) is 30.3 Å². The molecule has 2 aromatic carbocycles. The van der Waals surface area contributed by atoms with Gasteiger partial charge in [0.05, 0.1) is 5.71 Å². The van der Waals surface area contributed by atoms with Crippen LogP contribution in [0.1, 0.15) is 25.8 Å². The Labute approximate surface area is 147 Å². The quantitative estimate of drug-likeness (QED) is 0.602. The standard InChI is InChI=1S/C19H21ClN2O2/c1-14(2)12-18(15-6-4-3-5-7-15)21-22-19(23)13-24-17-10-8-16(20)9-11-17/h3-11,14H,12-13H2,1-2H3,(H,22,23)/b21-18+. The number of amides is 1. The smallest absolute Gasteiger partial charge is 0.277 e. The van der Waals surface area contributed by atoms with Crippen LogP contribution in [0.25, 0.3) is 0 Å². The molecule has 0 heterocycles. The zero-order valence-corrected chi connectivity index (χ0v) is 14.6. The van der Waals surface area contributed by atoms with Crippen LogP contribution < -0.4 is 10.2 Å². The molecule has 24 heavy (non-hydrogen) atoms. The Kier molecular flexibility index (Phi) is 6.82. The molecule has 0 aliphatic heterocycles. The van der Waals surface area contributed by atoms with E-state index in [4.69, 9.17) is 16.3 Å². The van der Waals surface area contributed by atoms with Gasteiger partial charge in [-0.05, 0) is 42.2 Å². The number of hydrogen-bond acceptors (Lipinski definition) is 3. The molecule has 0 aliphatic rings. The van der Waals surface area contributed by atoms with Gasteiger partial charge in [0.1, 0.15) is 5.75 Å². The van der Waals surface area contributed by atoms with Gasteiger partial charge in [-0.3, -0.25) is 4.79 Å². The highest BCUT2D eigenvalue weighted by atomic mass is 35.5. The lowest BCUT2D eigenvalue weighted by molar-refractivity contribution is -0.123. The zero-order chi connectivity index (χ0) is 17.4. The number of rotatable bonds is 7. The summed E-state index contributed by atoms with van der Waals surface area (Å²) in [5.41, 5.74) is 4.42. The lowest BCUT2D eigenvalue weighted by Crippen LogP contribution is -2.26. The van der Waals surface area contributed by atoms with Crippen molar-refractivity contribution >= 4 is 23.2 Å². The third kappa shape index (κ3) is 6.05. The van der Waals surface area contributed by atoms with Crippen molar-refractivity contribution in [3.8, 4) is 5.75 Å². The van der Waals surface area contributed by atoms with Gasteiger partial charge in [-0.1, -0.05) is 55.8 Å². The van der Waals surface area contributed by atoms with Crippen molar-refractivity contribution in [1.29, 1.82) is 0 Å². The van der Waals surface area contributed by atoms with Crippen LogP contribution in [-0.4, -0.2) is 18.2 Å². The Morgan fingerprint density at radius 3 is 2.42 bits per heavy atom. The minimum Gasteiger partial charge on any atom is -0.484 e. The molecule has 5 heteroatoms. The van der Waals surface area contributed by atoms with Crippen LogP contribution >= 0.6 is 11.6 Å². The van der Waals surface area contributed by atoms with E-state index < -0.39 is 0 Å². The second kappa shape index (κ2) is 9.08. The Bertz CT molecular complexity index is 682. The van der Waals surface area contributed by atoms with Crippen LogP contribution in [0.2, 0.25) is 5.02 Å². The molecule has 0 spiro atoms. The van der Waals surface area contributed by atoms with Crippen LogP contribution in [0.4, 0.5) is 0 Å². The second-order valence-electron chi connectivity index (χ2n) is 5.80. The Morgan fingerprint density at radius 1 is 1.12 bits per heavy atom. The number of hydrazone groups is 1. The average molecular weight is 345 g/mol. The van der Waals surface area contributed by atoms with E-state index in [-0.39, 0.29) is 12.5 Å². The number of carbonyl (C=O) groups excluding carboxylic acids is 1. The van der Waals surface area contributed by atoms with Crippen molar-refractivity contribution in [3.05, 3.63) is 65.2 Å². The molecule has 2 aromatic rings. The van der Waals surface area contributed by atoms with Crippen LogP contribution in [0.3, 0.4) is 0 Å². The topological polar surface area (TPSA) is 50.7 Å². The number of nitrogens with one attached hydrogen (secondary N) is 1. The van der Waals surface area contributed by atoms with Crippen LogP contribution in [-0.2, 0) is 4.79 Å². The molecule has 0 aromatic heterocycles. The van der Waals surface area contributed by atoms with Crippen molar-refractivity contribution < 1.29 is 9.53 Å². The largest absolute Gasteiger partial charge is 0.484 e. The summed E-state index contributed by atoms with van der Waals surface area (Å²) < 4.78 is 5.40. The molecule has 0 radical (unpaired) electrons. The van der Waals surface area contributed by atoms with Crippen molar-refractivity contribution in [2.24, 2.45) is 11.0 Å². The Hall–Kier alpha value is -2.33. The molecule has 4 nitrogen and oxygen atoms in total. The maximum Gasteiger partial charge on any atom is 0.277 e. The van der Waals surface area contributed by atoms with E-state index in [1.54, 1.807) is 24.3 Å². The number of ether oxygens (including phenoxy) is 1. The highest BCUT2D eigenvalue weighted by molar-refractivity contribution is 6.30. The number of hydrogen-bond donors (Lipinski definition) is 1. The van der Waals surface area contributed by atoms with Crippen molar-refractivity contribution in [1.82, 2.24) is 5.43 Å². The number of carbonyl (C=O) groups is 1. The lowest BCUT2D eigenvalue weighted by atomic mass is 10.0. The van der Waals surface area contributed by atoms with Gasteiger partial charge < -0.3 is 4.74 Å². The number of benzene rings is 2. The molecule has 126 valence electrons. The van der Waals surface area contributed by atoms with Crippen LogP contribution in [0, 0.1) is 5.92 Å². The number of halogens is 1. The lowest BCUT2D eigenvalue weighted by Gasteiger charge is -2.10. The van der Waals surface area contributed by atoms with E-state index >= 15 is 0 Å². The highest BCUT2D eigenvalue weighted by Crippen LogP contribution is 2.15. The maximum absolute atomic E-state index is 11.9. The van der Waals surface area contributed by atoms with Gasteiger partial charge in [0, 0.05) is 5.02 Å². The molecule has 0 saturated heterocycles. The summed E-state index contributed by atoms with van der Waals surface area (Å²) >= 11 is 5.81. The van der Waals surface area contributed by atoms with Gasteiger partial charge in [0.15, 0.2) is 6.61 Å². The second-order valence-corrected chi connectivity index (χ2v) is 6.24. The minimum absolute atomic E-state index is 0.102. The molecular weight excluding hydrogens is 324 g/mol. The molecule has 0 saturated carbocycles. The fourth-order valence-electron chi connectivity index (χ4n) is 2.09. The predicted octanol–water partition coefficient (Wildman–Crippen LogP) is 4.29. The van der Waals surface area contributed by atoms with E-state index in [9.17, 15) is 4.79 Å². The summed E-state index contributed by atoms with van der Waals surface area (Å²) in [6.45, 7) is 4.13. The summed E-state index contributed by atoms with van der Waals surface area (Å²) in [4.78, 5) is 11.9. The Balaban J connectivity index is 1.94. The third-order valence-corrected chi connectivity index (χ3v) is 3.46. The van der Waals surface area contributed by atoms with Gasteiger partial charge in [-0.15, -0.1) is 0 Å². The van der Waals surface area contributed by atoms with Gasteiger partial charge in [-0.2, -0.15) is 5.10 Å². The molecule has 1 N–H and O–H groups in total. The summed E-state index contributed by atoms with van der Waals surface area (Å²) in [6, 6.07) is 16.7. The third-order valence-electron chi connectivity index (χ3n) is 3.21. The van der Waals surface area contributed by atoms with Crippen molar-refractivity contribution in [2.45, 2.75) is 20.3 Å². The van der Waals surface area contributed by atoms with Gasteiger partial charge in [-0.25, -0.2) is 5.43 Å².